The molecule has 174 valence electrons. The van der Waals surface area contributed by atoms with Crippen LogP contribution in [-0.2, 0) is 0 Å². The molecule has 3 heteroatoms. The summed E-state index contributed by atoms with van der Waals surface area (Å²) in [5, 5.41) is 11.3. The Morgan fingerprint density at radius 3 is 1.55 bits per heavy atom. The van der Waals surface area contributed by atoms with Gasteiger partial charge >= 0.3 is 0 Å². The van der Waals surface area contributed by atoms with E-state index < -0.39 is 6.10 Å². The normalized spacial score (nSPS) is 13.4. The van der Waals surface area contributed by atoms with Crippen molar-refractivity contribution in [3.05, 3.63) is 71.8 Å². The molecule has 2 rings (SSSR count). The van der Waals surface area contributed by atoms with Crippen molar-refractivity contribution in [2.75, 3.05) is 20.6 Å². The van der Waals surface area contributed by atoms with Crippen LogP contribution < -0.4 is 17.0 Å². The van der Waals surface area contributed by atoms with E-state index in [0.717, 1.165) is 16.6 Å². The van der Waals surface area contributed by atoms with Gasteiger partial charge in [-0.3, -0.25) is 0 Å². The summed E-state index contributed by atoms with van der Waals surface area (Å²) in [7, 11) is 4.55. The number of hydrogen-bond donors (Lipinski definition) is 1. The van der Waals surface area contributed by atoms with E-state index in [4.69, 9.17) is 0 Å². The van der Waals surface area contributed by atoms with Crippen molar-refractivity contribution in [2.45, 2.75) is 83.3 Å². The van der Waals surface area contributed by atoms with E-state index in [0.29, 0.717) is 0 Å². The van der Waals surface area contributed by atoms with Gasteiger partial charge in [0.15, 0.2) is 0 Å². The van der Waals surface area contributed by atoms with Crippen LogP contribution in [0.1, 0.15) is 94.4 Å². The predicted molar refractivity (Wildman–Crippen MR) is 129 cm³/mol. The summed E-state index contributed by atoms with van der Waals surface area (Å²) in [4.78, 5) is 0. The maximum absolute atomic E-state index is 11.3. The first kappa shape index (κ1) is 27.9. The van der Waals surface area contributed by atoms with Crippen molar-refractivity contribution in [3.63, 3.8) is 0 Å². The Morgan fingerprint density at radius 1 is 0.645 bits per heavy atom. The van der Waals surface area contributed by atoms with E-state index in [1.165, 1.54) is 69.8 Å². The van der Waals surface area contributed by atoms with Gasteiger partial charge in [-0.25, -0.2) is 0 Å². The lowest BCUT2D eigenvalue weighted by molar-refractivity contribution is -0.926. The number of aliphatic hydroxyl groups is 1. The molecule has 0 fully saturated rings. The first-order chi connectivity index (χ1) is 14.6. The van der Waals surface area contributed by atoms with Gasteiger partial charge in [-0.15, -0.1) is 0 Å². The quantitative estimate of drug-likeness (QED) is 0.289. The first-order valence-corrected chi connectivity index (χ1v) is 12.2. The minimum Gasteiger partial charge on any atom is -1.00 e. The molecular weight excluding hydrogens is 446 g/mol. The molecule has 31 heavy (non-hydrogen) atoms. The highest BCUT2D eigenvalue weighted by Crippen LogP contribution is 2.37. The number of aliphatic hydroxyl groups excluding tert-OH is 1. The van der Waals surface area contributed by atoms with E-state index in [-0.39, 0.29) is 23.0 Å². The number of nitrogens with zero attached hydrogens (tertiary/aromatic N) is 1. The van der Waals surface area contributed by atoms with E-state index in [1.54, 1.807) is 0 Å². The zero-order valence-electron chi connectivity index (χ0n) is 20.0. The Bertz CT molecular complexity index is 674. The Morgan fingerprint density at radius 2 is 1.06 bits per heavy atom. The van der Waals surface area contributed by atoms with Gasteiger partial charge < -0.3 is 26.6 Å². The maximum atomic E-state index is 11.3. The number of likely N-dealkylation sites (N-methyl/N-ethyl adjacent to an activating group) is 1. The first-order valence-electron chi connectivity index (χ1n) is 12.2. The molecule has 0 aliphatic heterocycles. The zero-order chi connectivity index (χ0) is 21.7. The fraction of sp³-hybridized carbons (Fsp3) is 0.571. The van der Waals surface area contributed by atoms with Crippen LogP contribution in [0.25, 0.3) is 0 Å². The number of unbranched alkanes of at least 4 members (excludes halogenated alkanes) is 9. The average Bonchev–Trinajstić information content (AvgIpc) is 2.76. The third-order valence-electron chi connectivity index (χ3n) is 6.42. The molecule has 0 aromatic heterocycles. The second-order valence-electron chi connectivity index (χ2n) is 9.40. The zero-order valence-corrected chi connectivity index (χ0v) is 21.6. The predicted octanol–water partition coefficient (Wildman–Crippen LogP) is 4.46. The summed E-state index contributed by atoms with van der Waals surface area (Å²) in [6.07, 6.45) is 13.0. The standard InChI is InChI=1S/C28H44NO.BrH/c1-4-5-6-7-8-9-10-11-12-19-24-29(2,3)27(25-20-15-13-16-21-25)28(30)26-22-17-14-18-23-26;/h13-18,20-23,27-28,30H,4-12,19,24H2,1-3H3;1H/q+1;/p-1. The third kappa shape index (κ3) is 9.89. The smallest absolute Gasteiger partial charge is 0.145 e. The van der Waals surface area contributed by atoms with Crippen molar-refractivity contribution < 1.29 is 26.6 Å². The molecule has 0 aliphatic rings. The van der Waals surface area contributed by atoms with E-state index in [2.05, 4.69) is 51.4 Å². The Kier molecular flexibility index (Phi) is 14.0. The van der Waals surface area contributed by atoms with Gasteiger partial charge in [-0.2, -0.15) is 0 Å². The third-order valence-corrected chi connectivity index (χ3v) is 6.42. The summed E-state index contributed by atoms with van der Waals surface area (Å²) in [5.74, 6) is 0. The molecule has 0 saturated heterocycles. The number of hydrogen-bond acceptors (Lipinski definition) is 1. The molecule has 0 aliphatic carbocycles. The molecule has 1 N–H and O–H groups in total. The Labute approximate surface area is 202 Å². The summed E-state index contributed by atoms with van der Waals surface area (Å²) < 4.78 is 0.803. The Balaban J connectivity index is 0.00000480. The van der Waals surface area contributed by atoms with Crippen molar-refractivity contribution >= 4 is 0 Å². The second kappa shape index (κ2) is 15.6. The molecule has 0 spiro atoms. The number of halogens is 1. The van der Waals surface area contributed by atoms with Gasteiger partial charge in [0.05, 0.1) is 20.6 Å². The van der Waals surface area contributed by atoms with Crippen LogP contribution in [0.5, 0.6) is 0 Å². The lowest BCUT2D eigenvalue weighted by Crippen LogP contribution is -3.00. The largest absolute Gasteiger partial charge is 1.00 e. The van der Waals surface area contributed by atoms with Crippen molar-refractivity contribution in [3.8, 4) is 0 Å². The van der Waals surface area contributed by atoms with Crippen LogP contribution in [0.3, 0.4) is 0 Å². The summed E-state index contributed by atoms with van der Waals surface area (Å²) in [6, 6.07) is 20.7. The van der Waals surface area contributed by atoms with Crippen LogP contribution >= 0.6 is 0 Å². The van der Waals surface area contributed by atoms with Crippen molar-refractivity contribution in [1.29, 1.82) is 0 Å². The molecular formula is C28H44BrNO. The summed E-state index contributed by atoms with van der Waals surface area (Å²) >= 11 is 0. The maximum Gasteiger partial charge on any atom is 0.145 e. The van der Waals surface area contributed by atoms with Crippen LogP contribution in [0.2, 0.25) is 0 Å². The van der Waals surface area contributed by atoms with Gasteiger partial charge in [-0.1, -0.05) is 119 Å². The van der Waals surface area contributed by atoms with Crippen LogP contribution in [-0.4, -0.2) is 30.2 Å². The number of quaternary nitrogens is 1. The monoisotopic (exact) mass is 489 g/mol. The van der Waals surface area contributed by atoms with E-state index >= 15 is 0 Å². The summed E-state index contributed by atoms with van der Waals surface area (Å²) in [5.41, 5.74) is 2.21. The SMILES string of the molecule is CCCCCCCCCCCC[N+](C)(C)C(c1ccccc1)C(O)c1ccccc1.[Br-]. The van der Waals surface area contributed by atoms with Gasteiger partial charge in [0.1, 0.15) is 12.1 Å². The highest BCUT2D eigenvalue weighted by atomic mass is 79.9. The lowest BCUT2D eigenvalue weighted by Gasteiger charge is -2.41. The van der Waals surface area contributed by atoms with E-state index in [9.17, 15) is 5.11 Å². The second-order valence-corrected chi connectivity index (χ2v) is 9.40. The van der Waals surface area contributed by atoms with Crippen LogP contribution in [0.15, 0.2) is 60.7 Å². The molecule has 0 bridgehead atoms. The molecule has 0 amide bonds. The van der Waals surface area contributed by atoms with Crippen LogP contribution in [0.4, 0.5) is 0 Å². The summed E-state index contributed by atoms with van der Waals surface area (Å²) in [6.45, 7) is 3.36. The molecule has 0 saturated carbocycles. The number of benzene rings is 2. The van der Waals surface area contributed by atoms with Gasteiger partial charge in [0.2, 0.25) is 0 Å². The fourth-order valence-corrected chi connectivity index (χ4v) is 4.60. The molecule has 0 radical (unpaired) electrons. The molecule has 2 atom stereocenters. The topological polar surface area (TPSA) is 20.2 Å². The minimum atomic E-state index is -0.508. The Hall–Kier alpha value is -1.16. The van der Waals surface area contributed by atoms with Gasteiger partial charge in [0.25, 0.3) is 0 Å². The average molecular weight is 491 g/mol. The number of rotatable bonds is 15. The van der Waals surface area contributed by atoms with Gasteiger partial charge in [-0.05, 0) is 18.4 Å². The molecule has 2 unspecified atom stereocenters. The van der Waals surface area contributed by atoms with Crippen molar-refractivity contribution in [2.24, 2.45) is 0 Å². The molecule has 2 aromatic rings. The lowest BCUT2D eigenvalue weighted by atomic mass is 9.92. The molecule has 2 aromatic carbocycles. The highest BCUT2D eigenvalue weighted by molar-refractivity contribution is 5.25. The van der Waals surface area contributed by atoms with Gasteiger partial charge in [0, 0.05) is 5.56 Å². The fourth-order valence-electron chi connectivity index (χ4n) is 4.60. The molecule has 2 nitrogen and oxygen atoms in total. The molecule has 0 heterocycles. The highest BCUT2D eigenvalue weighted by Gasteiger charge is 2.36. The van der Waals surface area contributed by atoms with Crippen molar-refractivity contribution in [1.82, 2.24) is 0 Å². The minimum absolute atomic E-state index is 0. The van der Waals surface area contributed by atoms with E-state index in [1.807, 2.05) is 30.3 Å². The van der Waals surface area contributed by atoms with Crippen LogP contribution in [0, 0.1) is 0 Å².